The van der Waals surface area contributed by atoms with Crippen molar-refractivity contribution in [2.45, 2.75) is 0 Å². The number of nitriles is 2. The van der Waals surface area contributed by atoms with Crippen molar-refractivity contribution in [1.29, 1.82) is 10.5 Å². The van der Waals surface area contributed by atoms with Gasteiger partial charge in [-0.15, -0.1) is 0 Å². The van der Waals surface area contributed by atoms with Crippen molar-refractivity contribution in [3.63, 3.8) is 0 Å². The van der Waals surface area contributed by atoms with Gasteiger partial charge in [-0.25, -0.2) is 9.97 Å². The number of fused-ring (bicyclic) bond motifs is 8. The molecule has 4 aromatic carbocycles. The molecule has 0 atom stereocenters. The lowest BCUT2D eigenvalue weighted by Gasteiger charge is -2.06. The number of nitrogens with one attached hydrogen (secondary N) is 2. The molecule has 9 heteroatoms. The quantitative estimate of drug-likeness (QED) is 0.134. The van der Waals surface area contributed by atoms with E-state index < -0.39 is 0 Å². The van der Waals surface area contributed by atoms with Crippen molar-refractivity contribution in [1.82, 2.24) is 19.9 Å². The van der Waals surface area contributed by atoms with Crippen LogP contribution in [0.3, 0.4) is 0 Å². The second kappa shape index (κ2) is 13.4. The van der Waals surface area contributed by atoms with Crippen molar-refractivity contribution < 1.29 is 4.92 Å². The largest absolute Gasteiger partial charge is 0.352 e. The molecule has 0 spiro atoms. The summed E-state index contributed by atoms with van der Waals surface area (Å²) in [6.07, 6.45) is 7.42. The first kappa shape index (κ1) is 32.7. The highest BCUT2D eigenvalue weighted by Crippen LogP contribution is 2.42. The molecule has 0 saturated heterocycles. The first-order valence-electron chi connectivity index (χ1n) is 17.5. The summed E-state index contributed by atoms with van der Waals surface area (Å²) in [5.74, 6) is 0. The van der Waals surface area contributed by atoms with Gasteiger partial charge in [-0.2, -0.15) is 10.5 Å². The molecule has 2 aliphatic heterocycles. The molecule has 258 valence electrons. The third kappa shape index (κ3) is 5.57. The van der Waals surface area contributed by atoms with Crippen LogP contribution in [0.4, 0.5) is 5.69 Å². The molecule has 0 unspecified atom stereocenters. The number of benzene rings is 4. The normalized spacial score (nSPS) is 11.6. The van der Waals surface area contributed by atoms with E-state index in [1.165, 1.54) is 0 Å². The van der Waals surface area contributed by atoms with E-state index >= 15 is 0 Å². The van der Waals surface area contributed by atoms with Gasteiger partial charge in [-0.3, -0.25) is 10.1 Å². The van der Waals surface area contributed by atoms with Gasteiger partial charge in [0.2, 0.25) is 0 Å². The van der Waals surface area contributed by atoms with Crippen LogP contribution in [-0.2, 0) is 0 Å². The van der Waals surface area contributed by atoms with Gasteiger partial charge in [0, 0.05) is 28.3 Å². The lowest BCUT2D eigenvalue weighted by molar-refractivity contribution is -0.382. The van der Waals surface area contributed by atoms with Crippen LogP contribution in [0, 0.1) is 32.8 Å². The zero-order chi connectivity index (χ0) is 37.5. The molecule has 55 heavy (non-hydrogen) atoms. The summed E-state index contributed by atoms with van der Waals surface area (Å²) >= 11 is 0. The van der Waals surface area contributed by atoms with Gasteiger partial charge in [0.1, 0.15) is 17.7 Å². The smallest absolute Gasteiger partial charge is 0.295 e. The molecule has 0 fully saturated rings. The molecule has 8 bridgehead atoms. The predicted octanol–water partition coefficient (Wildman–Crippen LogP) is 11.0. The molecule has 2 aliphatic rings. The molecule has 0 amide bonds. The SMILES string of the molecule is N#Cc1c(C#N)c2[nH]c1c(-c1ccccc1)c1nc(c(-c3ccccc3)c3cc([N+](=O)[O-])c([nH]3)c(-c3ccccc3)c3nc(c2-c2ccccc2)C=C3)C=C1. The highest BCUT2D eigenvalue weighted by Gasteiger charge is 2.26. The van der Waals surface area contributed by atoms with E-state index in [1.54, 1.807) is 6.07 Å². The summed E-state index contributed by atoms with van der Waals surface area (Å²) in [6, 6.07) is 44.4. The summed E-state index contributed by atoms with van der Waals surface area (Å²) in [5.41, 5.74) is 9.38. The standard InChI is InChI=1S/C46H27N7O2/c47-26-32-33(27-48)45-42(30-17-9-3-10-18-30)36-23-24-37(50-36)43(31-19-11-4-12-20-31)46-39(53(54)55)25-38(51-46)40(28-13-5-1-6-14-28)34-21-22-35(49-34)41(44(32)52-45)29-15-7-2-8-16-29/h1-25,51-52H. The van der Waals surface area contributed by atoms with Crippen molar-refractivity contribution >= 4 is 52.1 Å². The van der Waals surface area contributed by atoms with Gasteiger partial charge >= 0.3 is 0 Å². The van der Waals surface area contributed by atoms with E-state index in [1.807, 2.05) is 146 Å². The molecule has 9 rings (SSSR count). The van der Waals surface area contributed by atoms with Gasteiger partial charge in [0.15, 0.2) is 0 Å². The number of hydrogen-bond acceptors (Lipinski definition) is 6. The Hall–Kier alpha value is -8.14. The fourth-order valence-electron chi connectivity index (χ4n) is 7.41. The third-order valence-electron chi connectivity index (χ3n) is 9.79. The number of H-pyrrole nitrogens is 2. The molecule has 3 aromatic heterocycles. The Morgan fingerprint density at radius 1 is 0.491 bits per heavy atom. The highest BCUT2D eigenvalue weighted by atomic mass is 16.6. The van der Waals surface area contributed by atoms with Crippen LogP contribution in [0.2, 0.25) is 0 Å². The minimum absolute atomic E-state index is 0.120. The van der Waals surface area contributed by atoms with E-state index in [9.17, 15) is 20.6 Å². The first-order chi connectivity index (χ1) is 27.0. The molecule has 7 aromatic rings. The van der Waals surface area contributed by atoms with E-state index in [2.05, 4.69) is 22.1 Å². The summed E-state index contributed by atoms with van der Waals surface area (Å²) in [5, 5.41) is 34.5. The minimum atomic E-state index is -0.381. The summed E-state index contributed by atoms with van der Waals surface area (Å²) < 4.78 is 0. The van der Waals surface area contributed by atoms with E-state index in [-0.39, 0.29) is 27.3 Å². The van der Waals surface area contributed by atoms with Crippen LogP contribution in [0.15, 0.2) is 127 Å². The van der Waals surface area contributed by atoms with Gasteiger partial charge in [0.05, 0.1) is 55.4 Å². The molecule has 0 aliphatic carbocycles. The third-order valence-corrected chi connectivity index (χ3v) is 9.79. The zero-order valence-electron chi connectivity index (χ0n) is 29.0. The van der Waals surface area contributed by atoms with Crippen molar-refractivity contribution in [3.05, 3.63) is 171 Å². The predicted molar refractivity (Wildman–Crippen MR) is 217 cm³/mol. The maximum atomic E-state index is 13.0. The van der Waals surface area contributed by atoms with Crippen LogP contribution >= 0.6 is 0 Å². The van der Waals surface area contributed by atoms with Crippen LogP contribution in [0.25, 0.3) is 90.9 Å². The fraction of sp³-hybridized carbons (Fsp3) is 0. The molecule has 0 radical (unpaired) electrons. The average Bonchev–Trinajstić information content (AvgIpc) is 4.05. The number of rotatable bonds is 5. The first-order valence-corrected chi connectivity index (χ1v) is 17.5. The average molecular weight is 710 g/mol. The van der Waals surface area contributed by atoms with Crippen molar-refractivity contribution in [2.24, 2.45) is 0 Å². The fourth-order valence-corrected chi connectivity index (χ4v) is 7.41. The number of nitro groups is 1. The maximum Gasteiger partial charge on any atom is 0.295 e. The monoisotopic (exact) mass is 709 g/mol. The van der Waals surface area contributed by atoms with E-state index in [4.69, 9.17) is 9.97 Å². The second-order valence-electron chi connectivity index (χ2n) is 12.9. The van der Waals surface area contributed by atoms with Crippen LogP contribution in [0.1, 0.15) is 33.9 Å². The summed E-state index contributed by atoms with van der Waals surface area (Å²) in [6.45, 7) is 0. The number of aromatic amines is 2. The van der Waals surface area contributed by atoms with E-state index in [0.29, 0.717) is 61.6 Å². The van der Waals surface area contributed by atoms with Gasteiger partial charge in [0.25, 0.3) is 5.69 Å². The molecular formula is C46H27N7O2. The molecular weight excluding hydrogens is 683 g/mol. The van der Waals surface area contributed by atoms with Crippen LogP contribution in [-0.4, -0.2) is 24.9 Å². The van der Waals surface area contributed by atoms with Crippen molar-refractivity contribution in [2.75, 3.05) is 0 Å². The second-order valence-corrected chi connectivity index (χ2v) is 12.9. The molecule has 0 saturated carbocycles. The lowest BCUT2D eigenvalue weighted by Crippen LogP contribution is -1.91. The Labute approximate surface area is 314 Å². The number of nitrogens with zero attached hydrogens (tertiary/aromatic N) is 5. The minimum Gasteiger partial charge on any atom is -0.352 e. The highest BCUT2D eigenvalue weighted by molar-refractivity contribution is 6.04. The topological polar surface area (TPSA) is 148 Å². The lowest BCUT2D eigenvalue weighted by atomic mass is 9.99. The van der Waals surface area contributed by atoms with Gasteiger partial charge in [-0.1, -0.05) is 121 Å². The van der Waals surface area contributed by atoms with E-state index in [0.717, 1.165) is 22.3 Å². The molecule has 2 N–H and O–H groups in total. The molecule has 5 heterocycles. The zero-order valence-corrected chi connectivity index (χ0v) is 29.0. The Bertz CT molecular complexity index is 3010. The Balaban J connectivity index is 1.59. The van der Waals surface area contributed by atoms with Gasteiger partial charge in [-0.05, 0) is 46.6 Å². The molecule has 9 nitrogen and oxygen atoms in total. The summed E-state index contributed by atoms with van der Waals surface area (Å²) in [7, 11) is 0. The Morgan fingerprint density at radius 2 is 0.836 bits per heavy atom. The van der Waals surface area contributed by atoms with Gasteiger partial charge < -0.3 is 9.97 Å². The van der Waals surface area contributed by atoms with Crippen molar-refractivity contribution in [3.8, 4) is 56.6 Å². The summed E-state index contributed by atoms with van der Waals surface area (Å²) in [4.78, 5) is 29.9. The van der Waals surface area contributed by atoms with Crippen LogP contribution < -0.4 is 0 Å². The Morgan fingerprint density at radius 3 is 1.20 bits per heavy atom. The van der Waals surface area contributed by atoms with Crippen LogP contribution in [0.5, 0.6) is 0 Å². The number of aromatic nitrogens is 4. The number of hydrogen-bond donors (Lipinski definition) is 2. The maximum absolute atomic E-state index is 13.0. The Kier molecular flexibility index (Phi) is 8.00.